The molecule has 1 aromatic rings. The molecule has 1 atom stereocenters. The van der Waals surface area contributed by atoms with E-state index in [1.807, 2.05) is 12.1 Å². The molecule has 1 unspecified atom stereocenters. The zero-order chi connectivity index (χ0) is 13.4. The van der Waals surface area contributed by atoms with Crippen molar-refractivity contribution in [2.75, 3.05) is 31.6 Å². The highest BCUT2D eigenvalue weighted by molar-refractivity contribution is 5.50. The lowest BCUT2D eigenvalue weighted by atomic mass is 10.1. The van der Waals surface area contributed by atoms with Crippen LogP contribution >= 0.6 is 0 Å². The predicted molar refractivity (Wildman–Crippen MR) is 78.3 cm³/mol. The maximum Gasteiger partial charge on any atom is 0.120 e. The van der Waals surface area contributed by atoms with Crippen molar-refractivity contribution < 1.29 is 4.74 Å². The molecule has 1 rings (SSSR count). The lowest BCUT2D eigenvalue weighted by Crippen LogP contribution is -2.30. The van der Waals surface area contributed by atoms with E-state index in [1.165, 1.54) is 12.1 Å². The van der Waals surface area contributed by atoms with Crippen LogP contribution in [0.1, 0.15) is 26.7 Å². The third-order valence-electron chi connectivity index (χ3n) is 3.28. The van der Waals surface area contributed by atoms with Gasteiger partial charge in [-0.2, -0.15) is 0 Å². The average Bonchev–Trinajstić information content (AvgIpc) is 2.43. The van der Waals surface area contributed by atoms with Crippen LogP contribution in [0, 0.1) is 5.92 Å². The second-order valence-electron chi connectivity index (χ2n) is 4.80. The van der Waals surface area contributed by atoms with Gasteiger partial charge in [0.2, 0.25) is 0 Å². The van der Waals surface area contributed by atoms with Crippen LogP contribution in [0.4, 0.5) is 5.69 Å². The first-order chi connectivity index (χ1) is 8.71. The summed E-state index contributed by atoms with van der Waals surface area (Å²) in [4.78, 5) is 2.41. The van der Waals surface area contributed by atoms with Gasteiger partial charge in [0.15, 0.2) is 0 Å². The Balaban J connectivity index is 2.78. The topological polar surface area (TPSA) is 38.5 Å². The molecule has 102 valence electrons. The molecule has 0 aromatic heterocycles. The number of nitrogens with two attached hydrogens (primary N) is 1. The first-order valence-corrected chi connectivity index (χ1v) is 6.80. The van der Waals surface area contributed by atoms with Gasteiger partial charge in [-0.05, 0) is 31.0 Å². The first kappa shape index (κ1) is 14.8. The number of rotatable bonds is 8. The third-order valence-corrected chi connectivity index (χ3v) is 3.28. The van der Waals surface area contributed by atoms with Gasteiger partial charge in [-0.25, -0.2) is 0 Å². The monoisotopic (exact) mass is 250 g/mol. The average molecular weight is 250 g/mol. The van der Waals surface area contributed by atoms with Crippen molar-refractivity contribution in [3.8, 4) is 5.75 Å². The Morgan fingerprint density at radius 3 is 2.78 bits per heavy atom. The molecule has 0 saturated heterocycles. The van der Waals surface area contributed by atoms with E-state index in [1.54, 1.807) is 7.11 Å². The van der Waals surface area contributed by atoms with Crippen LogP contribution in [0.15, 0.2) is 24.3 Å². The van der Waals surface area contributed by atoms with E-state index in [0.717, 1.165) is 31.8 Å². The van der Waals surface area contributed by atoms with Gasteiger partial charge in [-0.15, -0.1) is 0 Å². The summed E-state index contributed by atoms with van der Waals surface area (Å²) in [5, 5.41) is 0. The molecule has 0 spiro atoms. The van der Waals surface area contributed by atoms with Crippen LogP contribution in [0.2, 0.25) is 0 Å². The lowest BCUT2D eigenvalue weighted by Gasteiger charge is -2.27. The fourth-order valence-electron chi connectivity index (χ4n) is 1.92. The largest absolute Gasteiger partial charge is 0.497 e. The zero-order valence-corrected chi connectivity index (χ0v) is 11.9. The fourth-order valence-corrected chi connectivity index (χ4v) is 1.92. The second kappa shape index (κ2) is 7.98. The van der Waals surface area contributed by atoms with E-state index in [2.05, 4.69) is 30.9 Å². The summed E-state index contributed by atoms with van der Waals surface area (Å²) in [5.41, 5.74) is 6.85. The van der Waals surface area contributed by atoms with Crippen LogP contribution in [0.3, 0.4) is 0 Å². The molecule has 0 aliphatic heterocycles. The first-order valence-electron chi connectivity index (χ1n) is 6.80. The normalized spacial score (nSPS) is 12.2. The summed E-state index contributed by atoms with van der Waals surface area (Å²) in [6.45, 7) is 7.34. The molecular formula is C15H26N2O. The van der Waals surface area contributed by atoms with Crippen molar-refractivity contribution in [1.29, 1.82) is 0 Å². The number of methoxy groups -OCH3 is 1. The molecule has 1 aromatic carbocycles. The smallest absolute Gasteiger partial charge is 0.120 e. The van der Waals surface area contributed by atoms with E-state index >= 15 is 0 Å². The highest BCUT2D eigenvalue weighted by Gasteiger charge is 2.10. The maximum atomic E-state index is 5.62. The number of anilines is 1. The van der Waals surface area contributed by atoms with Crippen molar-refractivity contribution in [3.05, 3.63) is 24.3 Å². The summed E-state index contributed by atoms with van der Waals surface area (Å²) in [5.74, 6) is 1.60. The van der Waals surface area contributed by atoms with Crippen LogP contribution in [-0.4, -0.2) is 26.7 Å². The molecule has 3 nitrogen and oxygen atoms in total. The van der Waals surface area contributed by atoms with Crippen LogP contribution in [0.25, 0.3) is 0 Å². The SMILES string of the molecule is CCC(C)CN(CCCN)c1cccc(OC)c1. The zero-order valence-electron chi connectivity index (χ0n) is 11.9. The number of hydrogen-bond acceptors (Lipinski definition) is 3. The molecule has 0 fully saturated rings. The number of hydrogen-bond donors (Lipinski definition) is 1. The standard InChI is InChI=1S/C15H26N2O/c1-4-13(2)12-17(10-6-9-16)14-7-5-8-15(11-14)18-3/h5,7-8,11,13H,4,6,9-10,12,16H2,1-3H3. The quantitative estimate of drug-likeness (QED) is 0.771. The van der Waals surface area contributed by atoms with Gasteiger partial charge in [0.05, 0.1) is 7.11 Å². The van der Waals surface area contributed by atoms with E-state index in [9.17, 15) is 0 Å². The molecule has 0 amide bonds. The Labute approximate surface area is 111 Å². The van der Waals surface area contributed by atoms with Gasteiger partial charge in [0.25, 0.3) is 0 Å². The van der Waals surface area contributed by atoms with Crippen LogP contribution in [0.5, 0.6) is 5.75 Å². The Morgan fingerprint density at radius 2 is 2.17 bits per heavy atom. The number of benzene rings is 1. The van der Waals surface area contributed by atoms with Gasteiger partial charge in [-0.3, -0.25) is 0 Å². The molecule has 0 aliphatic rings. The van der Waals surface area contributed by atoms with Gasteiger partial charge in [-0.1, -0.05) is 26.3 Å². The van der Waals surface area contributed by atoms with Gasteiger partial charge >= 0.3 is 0 Å². The minimum atomic E-state index is 0.689. The third kappa shape index (κ3) is 4.57. The molecule has 0 heterocycles. The van der Waals surface area contributed by atoms with Gasteiger partial charge in [0, 0.05) is 24.8 Å². The van der Waals surface area contributed by atoms with Crippen LogP contribution < -0.4 is 15.4 Å². The van der Waals surface area contributed by atoms with E-state index in [0.29, 0.717) is 5.92 Å². The highest BCUT2D eigenvalue weighted by atomic mass is 16.5. The summed E-state index contributed by atoms with van der Waals surface area (Å²) >= 11 is 0. The van der Waals surface area contributed by atoms with Crippen molar-refractivity contribution in [1.82, 2.24) is 0 Å². The van der Waals surface area contributed by atoms with E-state index in [-0.39, 0.29) is 0 Å². The number of nitrogens with zero attached hydrogens (tertiary/aromatic N) is 1. The minimum Gasteiger partial charge on any atom is -0.497 e. The van der Waals surface area contributed by atoms with Crippen molar-refractivity contribution in [3.63, 3.8) is 0 Å². The number of ether oxygens (including phenoxy) is 1. The Bertz CT molecular complexity index is 341. The maximum absolute atomic E-state index is 5.62. The van der Waals surface area contributed by atoms with E-state index in [4.69, 9.17) is 10.5 Å². The molecule has 3 heteroatoms. The summed E-state index contributed by atoms with van der Waals surface area (Å²) in [6.07, 6.45) is 2.22. The Morgan fingerprint density at radius 1 is 1.39 bits per heavy atom. The van der Waals surface area contributed by atoms with E-state index < -0.39 is 0 Å². The second-order valence-corrected chi connectivity index (χ2v) is 4.80. The summed E-state index contributed by atoms with van der Waals surface area (Å²) in [7, 11) is 1.71. The summed E-state index contributed by atoms with van der Waals surface area (Å²) < 4.78 is 5.29. The summed E-state index contributed by atoms with van der Waals surface area (Å²) in [6, 6.07) is 8.26. The molecular weight excluding hydrogens is 224 g/mol. The van der Waals surface area contributed by atoms with Crippen LogP contribution in [-0.2, 0) is 0 Å². The van der Waals surface area contributed by atoms with Crippen molar-refractivity contribution in [2.45, 2.75) is 26.7 Å². The van der Waals surface area contributed by atoms with Gasteiger partial charge < -0.3 is 15.4 Å². The highest BCUT2D eigenvalue weighted by Crippen LogP contribution is 2.22. The molecule has 0 aliphatic carbocycles. The van der Waals surface area contributed by atoms with Crippen molar-refractivity contribution >= 4 is 5.69 Å². The molecule has 2 N–H and O–H groups in total. The fraction of sp³-hybridized carbons (Fsp3) is 0.600. The van der Waals surface area contributed by atoms with Crippen molar-refractivity contribution in [2.24, 2.45) is 11.7 Å². The Kier molecular flexibility index (Phi) is 6.58. The Hall–Kier alpha value is -1.22. The molecule has 0 bridgehead atoms. The minimum absolute atomic E-state index is 0.689. The molecule has 0 radical (unpaired) electrons. The predicted octanol–water partition coefficient (Wildman–Crippen LogP) is 2.90. The molecule has 0 saturated carbocycles. The molecule has 18 heavy (non-hydrogen) atoms. The lowest BCUT2D eigenvalue weighted by molar-refractivity contribution is 0.414. The van der Waals surface area contributed by atoms with Gasteiger partial charge in [0.1, 0.15) is 5.75 Å².